The fourth-order valence-electron chi connectivity index (χ4n) is 1.25. The molecule has 0 spiro atoms. The molecule has 1 amide bonds. The first-order valence-electron chi connectivity index (χ1n) is 5.03. The summed E-state index contributed by atoms with van der Waals surface area (Å²) in [6.45, 7) is 1.39. The number of hydrogen-bond donors (Lipinski definition) is 2. The normalized spacial score (nSPS) is 12.2. The molecule has 1 rings (SSSR count). The number of carbonyl (C=O) groups is 1. The maximum atomic E-state index is 13.3. The summed E-state index contributed by atoms with van der Waals surface area (Å²) in [6.07, 6.45) is -1.58. The van der Waals surface area contributed by atoms with Gasteiger partial charge in [0.2, 0.25) is 29.1 Å². The third kappa shape index (κ3) is 2.75. The molecule has 4 nitrogen and oxygen atoms in total. The molecular formula is C10H9F5N2O2. The number of hydrazine groups is 1. The molecule has 0 aromatic heterocycles. The molecule has 0 radical (unpaired) electrons. The molecule has 1 aromatic rings. The molecule has 0 heterocycles. The first-order valence-corrected chi connectivity index (χ1v) is 5.03. The van der Waals surface area contributed by atoms with Crippen molar-refractivity contribution >= 4 is 5.91 Å². The highest BCUT2D eigenvalue weighted by Crippen LogP contribution is 2.30. The summed E-state index contributed by atoms with van der Waals surface area (Å²) in [5.41, 5.74) is 1.65. The van der Waals surface area contributed by atoms with Crippen LogP contribution >= 0.6 is 0 Å². The minimum Gasteiger partial charge on any atom is -0.474 e. The number of halogens is 5. The van der Waals surface area contributed by atoms with Crippen LogP contribution in [0.3, 0.4) is 0 Å². The van der Waals surface area contributed by atoms with Crippen molar-refractivity contribution in [3.05, 3.63) is 29.1 Å². The van der Waals surface area contributed by atoms with Gasteiger partial charge in [-0.2, -0.15) is 8.78 Å². The zero-order valence-corrected chi connectivity index (χ0v) is 9.57. The predicted molar refractivity (Wildman–Crippen MR) is 53.3 cm³/mol. The van der Waals surface area contributed by atoms with Crippen molar-refractivity contribution < 1.29 is 31.5 Å². The molecule has 1 unspecified atom stereocenters. The molecule has 0 saturated heterocycles. The largest absolute Gasteiger partial charge is 0.474 e. The van der Waals surface area contributed by atoms with Gasteiger partial charge >= 0.3 is 0 Å². The van der Waals surface area contributed by atoms with Crippen LogP contribution in [0.5, 0.6) is 5.75 Å². The third-order valence-electron chi connectivity index (χ3n) is 2.24. The zero-order valence-electron chi connectivity index (χ0n) is 9.57. The lowest BCUT2D eigenvalue weighted by Crippen LogP contribution is -2.42. The van der Waals surface area contributed by atoms with Crippen molar-refractivity contribution in [1.29, 1.82) is 0 Å². The minimum absolute atomic E-state index is 0.0947. The van der Waals surface area contributed by atoms with Crippen LogP contribution < -0.4 is 16.0 Å². The Bertz CT molecular complexity index is 480. The van der Waals surface area contributed by atoms with Gasteiger partial charge in [0, 0.05) is 0 Å². The van der Waals surface area contributed by atoms with E-state index in [1.807, 2.05) is 0 Å². The Morgan fingerprint density at radius 1 is 1.11 bits per heavy atom. The first kappa shape index (κ1) is 15.2. The topological polar surface area (TPSA) is 64.3 Å². The molecular weight excluding hydrogens is 275 g/mol. The van der Waals surface area contributed by atoms with Crippen LogP contribution in [0.2, 0.25) is 0 Å². The van der Waals surface area contributed by atoms with Gasteiger partial charge in [-0.15, -0.1) is 0 Å². The van der Waals surface area contributed by atoms with Gasteiger partial charge in [-0.25, -0.2) is 19.0 Å². The Labute approximate surface area is 104 Å². The highest BCUT2D eigenvalue weighted by molar-refractivity contribution is 5.80. The van der Waals surface area contributed by atoms with Crippen molar-refractivity contribution in [2.24, 2.45) is 5.84 Å². The summed E-state index contributed by atoms with van der Waals surface area (Å²) >= 11 is 0. The second kappa shape index (κ2) is 5.83. The van der Waals surface area contributed by atoms with E-state index < -0.39 is 46.8 Å². The number of nitrogens with two attached hydrogens (primary N) is 1. The summed E-state index contributed by atoms with van der Waals surface area (Å²) in [7, 11) is 0. The lowest BCUT2D eigenvalue weighted by Gasteiger charge is -2.17. The summed E-state index contributed by atoms with van der Waals surface area (Å²) < 4.78 is 69.5. The maximum Gasteiger partial charge on any atom is 0.274 e. The van der Waals surface area contributed by atoms with E-state index in [1.54, 1.807) is 5.43 Å². The van der Waals surface area contributed by atoms with Gasteiger partial charge in [0.25, 0.3) is 5.91 Å². The number of nitrogens with one attached hydrogen (secondary N) is 1. The summed E-state index contributed by atoms with van der Waals surface area (Å²) in [5, 5.41) is 0. The van der Waals surface area contributed by atoms with Crippen LogP contribution in [0.1, 0.15) is 13.3 Å². The van der Waals surface area contributed by atoms with Crippen molar-refractivity contribution in [3.8, 4) is 5.75 Å². The van der Waals surface area contributed by atoms with Gasteiger partial charge in [0.1, 0.15) is 0 Å². The molecule has 0 fully saturated rings. The SMILES string of the molecule is CCC(Oc1c(F)c(F)c(F)c(F)c1F)C(=O)NN. The Morgan fingerprint density at radius 2 is 1.53 bits per heavy atom. The predicted octanol–water partition coefficient (Wildman–Crippen LogP) is 1.53. The van der Waals surface area contributed by atoms with Gasteiger partial charge in [0.05, 0.1) is 0 Å². The maximum absolute atomic E-state index is 13.3. The van der Waals surface area contributed by atoms with Crippen molar-refractivity contribution in [3.63, 3.8) is 0 Å². The second-order valence-corrected chi connectivity index (χ2v) is 3.42. The molecule has 9 heteroatoms. The van der Waals surface area contributed by atoms with E-state index in [0.29, 0.717) is 0 Å². The van der Waals surface area contributed by atoms with Crippen LogP contribution in [0.25, 0.3) is 0 Å². The van der Waals surface area contributed by atoms with E-state index in [1.165, 1.54) is 6.92 Å². The van der Waals surface area contributed by atoms with Gasteiger partial charge in [0.15, 0.2) is 11.9 Å². The van der Waals surface area contributed by atoms with E-state index in [9.17, 15) is 26.7 Å². The number of benzene rings is 1. The highest BCUT2D eigenvalue weighted by atomic mass is 19.2. The standard InChI is InChI=1S/C10H9F5N2O2/c1-2-3(10(18)17-16)19-9-7(14)5(12)4(11)6(13)8(9)15/h3H,2,16H2,1H3,(H,17,18). The lowest BCUT2D eigenvalue weighted by molar-refractivity contribution is -0.128. The molecule has 0 aliphatic carbocycles. The van der Waals surface area contributed by atoms with Crippen LogP contribution in [0, 0.1) is 29.1 Å². The van der Waals surface area contributed by atoms with Gasteiger partial charge in [-0.05, 0) is 6.42 Å². The number of amides is 1. The summed E-state index contributed by atoms with van der Waals surface area (Å²) in [6, 6.07) is 0. The molecule has 0 aliphatic rings. The van der Waals surface area contributed by atoms with E-state index in [4.69, 9.17) is 5.84 Å². The Morgan fingerprint density at radius 3 is 1.89 bits per heavy atom. The highest BCUT2D eigenvalue weighted by Gasteiger charge is 2.30. The first-order chi connectivity index (χ1) is 8.84. The van der Waals surface area contributed by atoms with Crippen LogP contribution in [0.15, 0.2) is 0 Å². The van der Waals surface area contributed by atoms with Crippen molar-refractivity contribution in [1.82, 2.24) is 5.43 Å². The fourth-order valence-corrected chi connectivity index (χ4v) is 1.25. The molecule has 0 aliphatic heterocycles. The van der Waals surface area contributed by atoms with Crippen LogP contribution in [-0.2, 0) is 4.79 Å². The fraction of sp³-hybridized carbons (Fsp3) is 0.300. The van der Waals surface area contributed by atoms with Gasteiger partial charge in [-0.1, -0.05) is 6.92 Å². The van der Waals surface area contributed by atoms with Gasteiger partial charge < -0.3 is 4.74 Å². The Balaban J connectivity index is 3.25. The molecule has 1 aromatic carbocycles. The second-order valence-electron chi connectivity index (χ2n) is 3.42. The Kier molecular flexibility index (Phi) is 4.65. The number of carbonyl (C=O) groups excluding carboxylic acids is 1. The van der Waals surface area contributed by atoms with E-state index in [-0.39, 0.29) is 6.42 Å². The summed E-state index contributed by atoms with van der Waals surface area (Å²) in [4.78, 5) is 11.1. The van der Waals surface area contributed by atoms with Gasteiger partial charge in [-0.3, -0.25) is 10.2 Å². The van der Waals surface area contributed by atoms with E-state index >= 15 is 0 Å². The minimum atomic E-state index is -2.31. The molecule has 1 atom stereocenters. The summed E-state index contributed by atoms with van der Waals surface area (Å²) in [5.74, 6) is -8.62. The zero-order chi connectivity index (χ0) is 14.7. The number of hydrogen-bond acceptors (Lipinski definition) is 3. The molecule has 0 saturated carbocycles. The molecule has 19 heavy (non-hydrogen) atoms. The van der Waals surface area contributed by atoms with Crippen LogP contribution in [-0.4, -0.2) is 12.0 Å². The third-order valence-corrected chi connectivity index (χ3v) is 2.24. The van der Waals surface area contributed by atoms with Crippen LogP contribution in [0.4, 0.5) is 22.0 Å². The smallest absolute Gasteiger partial charge is 0.274 e. The molecule has 106 valence electrons. The number of ether oxygens (including phenoxy) is 1. The Hall–Kier alpha value is -1.90. The quantitative estimate of drug-likeness (QED) is 0.220. The molecule has 0 bridgehead atoms. The van der Waals surface area contributed by atoms with Crippen molar-refractivity contribution in [2.45, 2.75) is 19.4 Å². The molecule has 3 N–H and O–H groups in total. The van der Waals surface area contributed by atoms with E-state index in [0.717, 1.165) is 0 Å². The lowest BCUT2D eigenvalue weighted by atomic mass is 10.2. The number of rotatable bonds is 4. The average molecular weight is 284 g/mol. The van der Waals surface area contributed by atoms with Crippen molar-refractivity contribution in [2.75, 3.05) is 0 Å². The monoisotopic (exact) mass is 284 g/mol. The average Bonchev–Trinajstić information content (AvgIpc) is 2.42. The van der Waals surface area contributed by atoms with E-state index in [2.05, 4.69) is 4.74 Å².